The second-order valence-electron chi connectivity index (χ2n) is 2.76. The minimum absolute atomic E-state index is 0.0520. The molecule has 14 heavy (non-hydrogen) atoms. The first-order valence-corrected chi connectivity index (χ1v) is 6.79. The lowest BCUT2D eigenvalue weighted by Gasteiger charge is -2.05. The molecular weight excluding hydrogens is 302 g/mol. The highest BCUT2D eigenvalue weighted by atomic mass is 79.9. The Balaban J connectivity index is 2.32. The average Bonchev–Trinajstić information content (AvgIpc) is 2.76. The van der Waals surface area contributed by atoms with E-state index in [2.05, 4.69) is 15.9 Å². The van der Waals surface area contributed by atoms with Crippen LogP contribution in [0.4, 0.5) is 0 Å². The second-order valence-corrected chi connectivity index (χ2v) is 6.55. The van der Waals surface area contributed by atoms with Crippen LogP contribution in [-0.4, -0.2) is 0 Å². The van der Waals surface area contributed by atoms with E-state index in [4.69, 9.17) is 17.3 Å². The molecule has 0 radical (unpaired) electrons. The van der Waals surface area contributed by atoms with Gasteiger partial charge < -0.3 is 5.73 Å². The summed E-state index contributed by atoms with van der Waals surface area (Å²) >= 11 is 12.6. The summed E-state index contributed by atoms with van der Waals surface area (Å²) in [6.45, 7) is 0. The third-order valence-corrected chi connectivity index (χ3v) is 5.33. The molecular formula is C9H7BrClNS2. The molecule has 2 heterocycles. The smallest absolute Gasteiger partial charge is 0.0888 e. The van der Waals surface area contributed by atoms with Crippen molar-refractivity contribution in [2.75, 3.05) is 0 Å². The van der Waals surface area contributed by atoms with Gasteiger partial charge in [-0.2, -0.15) is 0 Å². The predicted octanol–water partition coefficient (Wildman–Crippen LogP) is 4.27. The van der Waals surface area contributed by atoms with Crippen molar-refractivity contribution in [1.29, 1.82) is 0 Å². The monoisotopic (exact) mass is 307 g/mol. The highest BCUT2D eigenvalue weighted by molar-refractivity contribution is 9.11. The fraction of sp³-hybridized carbons (Fsp3) is 0.111. The minimum atomic E-state index is -0.0520. The van der Waals surface area contributed by atoms with Crippen LogP contribution in [0, 0.1) is 0 Å². The van der Waals surface area contributed by atoms with Crippen molar-refractivity contribution in [3.05, 3.63) is 42.1 Å². The molecule has 0 bridgehead atoms. The zero-order valence-corrected chi connectivity index (χ0v) is 11.0. The third-order valence-electron chi connectivity index (χ3n) is 1.82. The molecule has 0 saturated carbocycles. The molecule has 0 amide bonds. The Morgan fingerprint density at radius 2 is 2.21 bits per heavy atom. The SMILES string of the molecule is NC(c1cccs1)c1cc(Cl)c(Br)s1. The van der Waals surface area contributed by atoms with Gasteiger partial charge in [0.05, 0.1) is 14.9 Å². The molecule has 2 rings (SSSR count). The second kappa shape index (κ2) is 4.33. The van der Waals surface area contributed by atoms with Gasteiger partial charge in [-0.3, -0.25) is 0 Å². The molecule has 74 valence electrons. The minimum Gasteiger partial charge on any atom is -0.319 e. The van der Waals surface area contributed by atoms with Gasteiger partial charge in [-0.05, 0) is 33.4 Å². The van der Waals surface area contributed by atoms with Gasteiger partial charge in [0, 0.05) is 9.75 Å². The van der Waals surface area contributed by atoms with Crippen LogP contribution in [0.1, 0.15) is 15.8 Å². The van der Waals surface area contributed by atoms with Crippen LogP contribution in [0.5, 0.6) is 0 Å². The molecule has 0 aliphatic carbocycles. The van der Waals surface area contributed by atoms with Gasteiger partial charge in [0.2, 0.25) is 0 Å². The maximum absolute atomic E-state index is 6.08. The van der Waals surface area contributed by atoms with Crippen LogP contribution >= 0.6 is 50.2 Å². The lowest BCUT2D eigenvalue weighted by atomic mass is 10.2. The van der Waals surface area contributed by atoms with Gasteiger partial charge in [-0.25, -0.2) is 0 Å². The molecule has 0 aromatic carbocycles. The predicted molar refractivity (Wildman–Crippen MR) is 67.4 cm³/mol. The summed E-state index contributed by atoms with van der Waals surface area (Å²) in [6, 6.07) is 5.91. The van der Waals surface area contributed by atoms with E-state index in [9.17, 15) is 0 Å². The van der Waals surface area contributed by atoms with Gasteiger partial charge in [-0.15, -0.1) is 22.7 Å². The van der Waals surface area contributed by atoms with E-state index in [1.807, 2.05) is 23.6 Å². The van der Waals surface area contributed by atoms with Crippen LogP contribution in [-0.2, 0) is 0 Å². The zero-order chi connectivity index (χ0) is 10.1. The summed E-state index contributed by atoms with van der Waals surface area (Å²) in [7, 11) is 0. The third kappa shape index (κ3) is 2.04. The lowest BCUT2D eigenvalue weighted by molar-refractivity contribution is 0.917. The molecule has 0 fully saturated rings. The number of hydrogen-bond acceptors (Lipinski definition) is 3. The van der Waals surface area contributed by atoms with E-state index in [1.165, 1.54) is 0 Å². The molecule has 0 aliphatic heterocycles. The highest BCUT2D eigenvalue weighted by Crippen LogP contribution is 2.37. The summed E-state index contributed by atoms with van der Waals surface area (Å²) in [4.78, 5) is 2.25. The summed E-state index contributed by atoms with van der Waals surface area (Å²) in [6.07, 6.45) is 0. The summed E-state index contributed by atoms with van der Waals surface area (Å²) in [5.41, 5.74) is 6.08. The molecule has 1 unspecified atom stereocenters. The normalized spacial score (nSPS) is 13.1. The van der Waals surface area contributed by atoms with Crippen LogP contribution in [0.3, 0.4) is 0 Å². The average molecular weight is 309 g/mol. The van der Waals surface area contributed by atoms with Crippen molar-refractivity contribution in [1.82, 2.24) is 0 Å². The van der Waals surface area contributed by atoms with Crippen LogP contribution in [0.15, 0.2) is 27.4 Å². The van der Waals surface area contributed by atoms with Crippen molar-refractivity contribution >= 4 is 50.2 Å². The lowest BCUT2D eigenvalue weighted by Crippen LogP contribution is -2.07. The largest absolute Gasteiger partial charge is 0.319 e. The summed E-state index contributed by atoms with van der Waals surface area (Å²) in [5, 5.41) is 2.76. The van der Waals surface area contributed by atoms with E-state index in [-0.39, 0.29) is 6.04 Å². The Labute approximate surface area is 104 Å². The van der Waals surface area contributed by atoms with E-state index >= 15 is 0 Å². The van der Waals surface area contributed by atoms with Crippen LogP contribution < -0.4 is 5.73 Å². The Bertz CT molecular complexity index is 404. The first-order chi connectivity index (χ1) is 6.68. The number of hydrogen-bond donors (Lipinski definition) is 1. The topological polar surface area (TPSA) is 26.0 Å². The first-order valence-electron chi connectivity index (χ1n) is 3.92. The molecule has 5 heteroatoms. The molecule has 0 spiro atoms. The van der Waals surface area contributed by atoms with Crippen molar-refractivity contribution in [3.63, 3.8) is 0 Å². The fourth-order valence-corrected chi connectivity index (χ4v) is 3.71. The van der Waals surface area contributed by atoms with E-state index < -0.39 is 0 Å². The first kappa shape index (κ1) is 10.6. The van der Waals surface area contributed by atoms with E-state index in [0.29, 0.717) is 0 Å². The quantitative estimate of drug-likeness (QED) is 0.880. The molecule has 0 aliphatic rings. The van der Waals surface area contributed by atoms with Crippen LogP contribution in [0.2, 0.25) is 5.02 Å². The van der Waals surface area contributed by atoms with Gasteiger partial charge >= 0.3 is 0 Å². The van der Waals surface area contributed by atoms with Crippen molar-refractivity contribution in [2.24, 2.45) is 5.73 Å². The van der Waals surface area contributed by atoms with Gasteiger partial charge in [0.1, 0.15) is 0 Å². The fourth-order valence-electron chi connectivity index (χ4n) is 1.13. The molecule has 1 atom stereocenters. The Morgan fingerprint density at radius 3 is 2.71 bits per heavy atom. The van der Waals surface area contributed by atoms with E-state index in [1.54, 1.807) is 22.7 Å². The number of rotatable bonds is 2. The molecule has 1 nitrogen and oxygen atoms in total. The Hall–Kier alpha value is 0.130. The van der Waals surface area contributed by atoms with Gasteiger partial charge in [-0.1, -0.05) is 17.7 Å². The van der Waals surface area contributed by atoms with Crippen LogP contribution in [0.25, 0.3) is 0 Å². The molecule has 2 aromatic heterocycles. The Morgan fingerprint density at radius 1 is 1.43 bits per heavy atom. The maximum atomic E-state index is 6.08. The van der Waals surface area contributed by atoms with Crippen molar-refractivity contribution < 1.29 is 0 Å². The Kier molecular flexibility index (Phi) is 3.29. The summed E-state index contributed by atoms with van der Waals surface area (Å²) < 4.78 is 0.946. The van der Waals surface area contributed by atoms with Gasteiger partial charge in [0.25, 0.3) is 0 Å². The van der Waals surface area contributed by atoms with Crippen molar-refractivity contribution in [2.45, 2.75) is 6.04 Å². The number of halogens is 2. The highest BCUT2D eigenvalue weighted by Gasteiger charge is 2.14. The van der Waals surface area contributed by atoms with Gasteiger partial charge in [0.15, 0.2) is 0 Å². The molecule has 2 aromatic rings. The van der Waals surface area contributed by atoms with Crippen molar-refractivity contribution in [3.8, 4) is 0 Å². The molecule has 2 N–H and O–H groups in total. The maximum Gasteiger partial charge on any atom is 0.0888 e. The zero-order valence-electron chi connectivity index (χ0n) is 7.04. The summed E-state index contributed by atoms with van der Waals surface area (Å²) in [5.74, 6) is 0. The molecule has 0 saturated heterocycles. The van der Waals surface area contributed by atoms with E-state index in [0.717, 1.165) is 18.6 Å². The number of nitrogens with two attached hydrogens (primary N) is 1. The number of thiophene rings is 2. The standard InChI is InChI=1S/C9H7BrClNS2/c10-9-5(11)4-7(14-9)8(12)6-2-1-3-13-6/h1-4,8H,12H2.